The van der Waals surface area contributed by atoms with Gasteiger partial charge < -0.3 is 14.4 Å². The highest BCUT2D eigenvalue weighted by Gasteiger charge is 2.29. The predicted octanol–water partition coefficient (Wildman–Crippen LogP) is 6.17. The monoisotopic (exact) mass is 502 g/mol. The molecule has 0 bridgehead atoms. The summed E-state index contributed by atoms with van der Waals surface area (Å²) < 4.78 is 28.6. The van der Waals surface area contributed by atoms with Crippen LogP contribution in [0, 0.1) is 5.82 Å². The van der Waals surface area contributed by atoms with E-state index < -0.39 is 11.4 Å². The topological polar surface area (TPSA) is 69.5 Å². The zero-order valence-electron chi connectivity index (χ0n) is 19.8. The molecule has 4 heterocycles. The molecule has 1 fully saturated rings. The van der Waals surface area contributed by atoms with Crippen LogP contribution in [0.25, 0.3) is 31.0 Å². The maximum absolute atomic E-state index is 15.0. The summed E-state index contributed by atoms with van der Waals surface area (Å²) in [6.45, 7) is 7.03. The quantitative estimate of drug-likeness (QED) is 0.335. The molecule has 0 spiro atoms. The summed E-state index contributed by atoms with van der Waals surface area (Å²) in [7, 11) is 3.23. The summed E-state index contributed by atoms with van der Waals surface area (Å²) in [6.07, 6.45) is 3.35. The lowest BCUT2D eigenvalue weighted by Crippen LogP contribution is -2.41. The fourth-order valence-corrected chi connectivity index (χ4v) is 6.74. The second-order valence-corrected chi connectivity index (χ2v) is 11.7. The van der Waals surface area contributed by atoms with E-state index in [9.17, 15) is 4.79 Å². The van der Waals surface area contributed by atoms with E-state index in [4.69, 9.17) is 14.5 Å². The minimum atomic E-state index is -0.484. The van der Waals surface area contributed by atoms with E-state index in [-0.39, 0.29) is 11.8 Å². The number of halogens is 1. The summed E-state index contributed by atoms with van der Waals surface area (Å²) >= 11 is 3.22. The predicted molar refractivity (Wildman–Crippen MR) is 133 cm³/mol. The molecule has 34 heavy (non-hydrogen) atoms. The minimum absolute atomic E-state index is 0.169. The van der Waals surface area contributed by atoms with Gasteiger partial charge in [0.05, 0.1) is 17.4 Å². The van der Waals surface area contributed by atoms with E-state index in [1.54, 1.807) is 45.5 Å². The first-order valence-corrected chi connectivity index (χ1v) is 12.8. The smallest absolute Gasteiger partial charge is 0.410 e. The third-order valence-electron chi connectivity index (χ3n) is 5.90. The zero-order chi connectivity index (χ0) is 24.2. The van der Waals surface area contributed by atoms with Crippen molar-refractivity contribution < 1.29 is 18.7 Å². The Morgan fingerprint density at radius 1 is 1.21 bits per heavy atom. The van der Waals surface area contributed by atoms with Gasteiger partial charge in [-0.25, -0.2) is 14.2 Å². The van der Waals surface area contributed by atoms with E-state index in [2.05, 4.69) is 11.2 Å². The number of aryl methyl sites for hydroxylation is 1. The lowest BCUT2D eigenvalue weighted by atomic mass is 9.95. The van der Waals surface area contributed by atoms with Crippen LogP contribution < -0.4 is 4.74 Å². The van der Waals surface area contributed by atoms with Gasteiger partial charge in [-0.2, -0.15) is 5.10 Å². The van der Waals surface area contributed by atoms with Gasteiger partial charge in [0.25, 0.3) is 0 Å². The maximum atomic E-state index is 15.0. The highest BCUT2D eigenvalue weighted by Crippen LogP contribution is 2.44. The third-order valence-corrected chi connectivity index (χ3v) is 8.26. The van der Waals surface area contributed by atoms with Gasteiger partial charge in [0.2, 0.25) is 0 Å². The van der Waals surface area contributed by atoms with Crippen molar-refractivity contribution in [3.63, 3.8) is 0 Å². The van der Waals surface area contributed by atoms with Crippen LogP contribution in [0.2, 0.25) is 0 Å². The van der Waals surface area contributed by atoms with Crippen LogP contribution in [0.5, 0.6) is 5.75 Å². The van der Waals surface area contributed by atoms with Gasteiger partial charge in [-0.1, -0.05) is 0 Å². The van der Waals surface area contributed by atoms with E-state index in [0.29, 0.717) is 35.5 Å². The van der Waals surface area contributed by atoms with Crippen LogP contribution in [0.4, 0.5) is 9.18 Å². The number of methoxy groups -OCH3 is 1. The van der Waals surface area contributed by atoms with Crippen LogP contribution in [0.1, 0.15) is 44.4 Å². The van der Waals surface area contributed by atoms with E-state index in [1.807, 2.05) is 26.8 Å². The molecule has 1 aliphatic heterocycles. The second kappa shape index (κ2) is 8.49. The minimum Gasteiger partial charge on any atom is -0.493 e. The lowest BCUT2D eigenvalue weighted by Gasteiger charge is -2.33. The molecule has 0 saturated carbocycles. The van der Waals surface area contributed by atoms with Gasteiger partial charge in [0, 0.05) is 36.6 Å². The van der Waals surface area contributed by atoms with Crippen molar-refractivity contribution in [2.75, 3.05) is 20.2 Å². The fraction of sp³-hybridized carbons (Fsp3) is 0.458. The number of piperidine rings is 1. The first kappa shape index (κ1) is 23.0. The van der Waals surface area contributed by atoms with Gasteiger partial charge in [0.1, 0.15) is 21.0 Å². The fourth-order valence-electron chi connectivity index (χ4n) is 4.33. The maximum Gasteiger partial charge on any atom is 0.410 e. The molecular weight excluding hydrogens is 475 g/mol. The van der Waals surface area contributed by atoms with Crippen molar-refractivity contribution in [2.45, 2.75) is 45.1 Å². The number of fused-ring (bicyclic) bond motifs is 2. The number of hydrogen-bond donors (Lipinski definition) is 0. The Morgan fingerprint density at radius 3 is 2.59 bits per heavy atom. The summed E-state index contributed by atoms with van der Waals surface area (Å²) in [4.78, 5) is 21.2. The van der Waals surface area contributed by atoms with E-state index >= 15 is 4.39 Å². The zero-order valence-corrected chi connectivity index (χ0v) is 21.5. The Balaban J connectivity index is 1.36. The van der Waals surface area contributed by atoms with Crippen molar-refractivity contribution in [3.8, 4) is 16.3 Å². The molecule has 0 N–H and O–H groups in total. The van der Waals surface area contributed by atoms with Crippen LogP contribution in [0.15, 0.2) is 18.3 Å². The number of hydrogen-bond acceptors (Lipinski definition) is 7. The number of thiophene rings is 1. The summed E-state index contributed by atoms with van der Waals surface area (Å²) in [6, 6.07) is 4.08. The number of carbonyl (C=O) groups excluding carboxylic acids is 1. The summed E-state index contributed by atoms with van der Waals surface area (Å²) in [5.74, 6) is 0.0983. The van der Waals surface area contributed by atoms with Gasteiger partial charge in [-0.05, 0) is 51.7 Å². The summed E-state index contributed by atoms with van der Waals surface area (Å²) in [5, 5.41) is 5.65. The molecule has 0 radical (unpaired) electrons. The molecule has 0 aliphatic carbocycles. The average molecular weight is 503 g/mol. The highest BCUT2D eigenvalue weighted by molar-refractivity contribution is 7.28. The SMILES string of the molecule is COc1c(-c2nc3sc(C4CCN(C(=O)OC(C)(C)C)CC4)cc3s2)cc2cn(C)nc2c1F. The largest absolute Gasteiger partial charge is 0.493 e. The number of nitrogens with zero attached hydrogens (tertiary/aromatic N) is 4. The molecule has 3 aromatic heterocycles. The molecule has 4 aromatic rings. The van der Waals surface area contributed by atoms with Gasteiger partial charge in [-0.3, -0.25) is 4.68 Å². The van der Waals surface area contributed by atoms with Gasteiger partial charge in [-0.15, -0.1) is 22.7 Å². The van der Waals surface area contributed by atoms with Crippen molar-refractivity contribution in [3.05, 3.63) is 29.0 Å². The highest BCUT2D eigenvalue weighted by atomic mass is 32.1. The number of thiazole rings is 1. The molecule has 1 saturated heterocycles. The number of ether oxygens (including phenoxy) is 2. The lowest BCUT2D eigenvalue weighted by molar-refractivity contribution is 0.0205. The van der Waals surface area contributed by atoms with Gasteiger partial charge >= 0.3 is 6.09 Å². The Morgan fingerprint density at radius 2 is 1.94 bits per heavy atom. The molecule has 10 heteroatoms. The van der Waals surface area contributed by atoms with Crippen molar-refractivity contribution in [1.29, 1.82) is 0 Å². The van der Waals surface area contributed by atoms with E-state index in [0.717, 1.165) is 27.4 Å². The van der Waals surface area contributed by atoms with E-state index in [1.165, 1.54) is 12.0 Å². The number of benzene rings is 1. The van der Waals surface area contributed by atoms with Crippen LogP contribution in [0.3, 0.4) is 0 Å². The number of likely N-dealkylation sites (tertiary alicyclic amines) is 1. The molecule has 5 rings (SSSR count). The Bertz CT molecular complexity index is 1350. The van der Waals surface area contributed by atoms with Crippen LogP contribution in [-0.2, 0) is 11.8 Å². The molecule has 180 valence electrons. The first-order valence-electron chi connectivity index (χ1n) is 11.2. The Labute approximate surface area is 205 Å². The normalized spacial score (nSPS) is 15.4. The Kier molecular flexibility index (Phi) is 5.76. The molecule has 1 amide bonds. The number of rotatable bonds is 3. The average Bonchev–Trinajstić information content (AvgIpc) is 3.45. The summed E-state index contributed by atoms with van der Waals surface area (Å²) in [5.41, 5.74) is 0.449. The molecule has 0 unspecified atom stereocenters. The number of amides is 1. The molecule has 1 aliphatic rings. The van der Waals surface area contributed by atoms with Crippen LogP contribution in [-0.4, -0.2) is 51.6 Å². The molecule has 7 nitrogen and oxygen atoms in total. The van der Waals surface area contributed by atoms with Gasteiger partial charge in [0.15, 0.2) is 11.6 Å². The third kappa shape index (κ3) is 4.24. The van der Waals surface area contributed by atoms with Crippen LogP contribution >= 0.6 is 22.7 Å². The number of carbonyl (C=O) groups is 1. The molecule has 0 atom stereocenters. The molecule has 1 aromatic carbocycles. The molecular formula is C24H27FN4O3S2. The Hall–Kier alpha value is -2.72. The van der Waals surface area contributed by atoms with Crippen molar-refractivity contribution in [1.82, 2.24) is 19.7 Å². The first-order chi connectivity index (χ1) is 16.1. The van der Waals surface area contributed by atoms with Crippen molar-refractivity contribution in [2.24, 2.45) is 7.05 Å². The second-order valence-electron chi connectivity index (χ2n) is 9.59. The van der Waals surface area contributed by atoms with Crippen molar-refractivity contribution >= 4 is 49.2 Å². The standard InChI is InChI=1S/C24H27FN4O3S2/c1-24(2,3)32-23(30)29-8-6-13(7-9-29)16-11-17-22(33-16)26-21(34-17)15-10-14-12-28(4)27-19(14)18(25)20(15)31-5/h10-13H,6-9H2,1-5H3. The number of aromatic nitrogens is 3.